The summed E-state index contributed by atoms with van der Waals surface area (Å²) in [6.45, 7) is 8.27. The summed E-state index contributed by atoms with van der Waals surface area (Å²) >= 11 is 3.71. The van der Waals surface area contributed by atoms with Crippen LogP contribution in [0.2, 0.25) is 6.32 Å². The van der Waals surface area contributed by atoms with Gasteiger partial charge in [-0.2, -0.15) is 5.26 Å². The molecule has 2 atom stereocenters. The molecule has 0 unspecified atom stereocenters. The monoisotopic (exact) mass is 468 g/mol. The summed E-state index contributed by atoms with van der Waals surface area (Å²) in [4.78, 5) is 0. The maximum atomic E-state index is 9.43. The van der Waals surface area contributed by atoms with E-state index in [0.717, 1.165) is 27.0 Å². The van der Waals surface area contributed by atoms with E-state index in [4.69, 9.17) is 14.0 Å². The molecule has 0 saturated carbocycles. The van der Waals surface area contributed by atoms with Gasteiger partial charge in [0.05, 0.1) is 36.0 Å². The van der Waals surface area contributed by atoms with E-state index in [1.165, 1.54) is 0 Å². The number of nitriles is 1. The number of nitrogens with one attached hydrogen (secondary N) is 1. The largest absolute Gasteiger partial charge is 0.497 e. The van der Waals surface area contributed by atoms with Crippen molar-refractivity contribution in [2.75, 3.05) is 12.4 Å². The number of fused-ring (bicyclic) bond motifs is 1. The Morgan fingerprint density at radius 1 is 1.10 bits per heavy atom. The lowest BCUT2D eigenvalue weighted by atomic mass is 9.72. The fourth-order valence-electron chi connectivity index (χ4n) is 4.23. The van der Waals surface area contributed by atoms with Gasteiger partial charge in [0.25, 0.3) is 0 Å². The second-order valence-electron chi connectivity index (χ2n) is 8.95. The Balaban J connectivity index is 1.73. The van der Waals surface area contributed by atoms with Crippen molar-refractivity contribution < 1.29 is 14.0 Å². The van der Waals surface area contributed by atoms with E-state index >= 15 is 0 Å². The molecule has 0 spiro atoms. The van der Waals surface area contributed by atoms with Crippen molar-refractivity contribution in [3.05, 3.63) is 57.6 Å². The van der Waals surface area contributed by atoms with Crippen LogP contribution in [0.1, 0.15) is 56.3 Å². The van der Waals surface area contributed by atoms with Gasteiger partial charge in [0.15, 0.2) is 0 Å². The molecular formula is C23H26BBrN2O3. The van der Waals surface area contributed by atoms with Crippen molar-refractivity contribution in [1.82, 2.24) is 0 Å². The molecular weight excluding hydrogens is 443 g/mol. The van der Waals surface area contributed by atoms with Crippen molar-refractivity contribution in [3.8, 4) is 11.8 Å². The van der Waals surface area contributed by atoms with Gasteiger partial charge in [0, 0.05) is 16.1 Å². The van der Waals surface area contributed by atoms with Crippen LogP contribution >= 0.6 is 15.9 Å². The Morgan fingerprint density at radius 3 is 2.43 bits per heavy atom. The molecule has 30 heavy (non-hydrogen) atoms. The van der Waals surface area contributed by atoms with Crippen LogP contribution in [-0.4, -0.2) is 25.4 Å². The molecule has 156 valence electrons. The molecule has 0 aliphatic carbocycles. The van der Waals surface area contributed by atoms with Crippen LogP contribution in [0.15, 0.2) is 40.9 Å². The lowest BCUT2D eigenvalue weighted by Crippen LogP contribution is -2.41. The maximum absolute atomic E-state index is 9.43. The second kappa shape index (κ2) is 7.60. The zero-order chi connectivity index (χ0) is 21.7. The SMILES string of the molecule is COc1ccc(Br)c([C@H]2Nc3ccc(C#N)cc3[C@H]2CB2OC(C)(C)C(C)(C)O2)c1. The first-order valence-corrected chi connectivity index (χ1v) is 10.9. The highest BCUT2D eigenvalue weighted by Gasteiger charge is 2.52. The molecule has 5 nitrogen and oxygen atoms in total. The average Bonchev–Trinajstić information content (AvgIpc) is 3.14. The number of nitrogens with zero attached hydrogens (tertiary/aromatic N) is 1. The molecule has 2 aromatic carbocycles. The number of methoxy groups -OCH3 is 1. The predicted molar refractivity (Wildman–Crippen MR) is 122 cm³/mol. The summed E-state index contributed by atoms with van der Waals surface area (Å²) in [6, 6.07) is 14.1. The van der Waals surface area contributed by atoms with Crippen LogP contribution in [0.5, 0.6) is 5.75 Å². The van der Waals surface area contributed by atoms with E-state index in [2.05, 4.69) is 61.1 Å². The second-order valence-corrected chi connectivity index (χ2v) is 9.81. The normalized spacial score (nSPS) is 23.6. The number of halogens is 1. The summed E-state index contributed by atoms with van der Waals surface area (Å²) in [5, 5.41) is 13.1. The Bertz CT molecular complexity index is 1000. The van der Waals surface area contributed by atoms with Gasteiger partial charge >= 0.3 is 7.12 Å². The lowest BCUT2D eigenvalue weighted by molar-refractivity contribution is 0.00578. The minimum absolute atomic E-state index is 0.00237. The van der Waals surface area contributed by atoms with Gasteiger partial charge < -0.3 is 19.4 Å². The molecule has 0 radical (unpaired) electrons. The first-order valence-electron chi connectivity index (χ1n) is 10.1. The fraction of sp³-hybridized carbons (Fsp3) is 0.435. The number of hydrogen-bond acceptors (Lipinski definition) is 5. The van der Waals surface area contributed by atoms with Gasteiger partial charge in [-0.1, -0.05) is 15.9 Å². The van der Waals surface area contributed by atoms with Gasteiger partial charge in [0.1, 0.15) is 5.75 Å². The number of anilines is 1. The van der Waals surface area contributed by atoms with Crippen molar-refractivity contribution in [3.63, 3.8) is 0 Å². The van der Waals surface area contributed by atoms with Crippen molar-refractivity contribution in [1.29, 1.82) is 5.26 Å². The average molecular weight is 469 g/mol. The Morgan fingerprint density at radius 2 is 1.80 bits per heavy atom. The Kier molecular flexibility index (Phi) is 5.38. The topological polar surface area (TPSA) is 63.5 Å². The number of ether oxygens (including phenoxy) is 1. The van der Waals surface area contributed by atoms with Gasteiger partial charge in [-0.25, -0.2) is 0 Å². The first-order chi connectivity index (χ1) is 14.1. The summed E-state index contributed by atoms with van der Waals surface area (Å²) in [5.41, 5.74) is 3.14. The third-order valence-electron chi connectivity index (χ3n) is 6.58. The van der Waals surface area contributed by atoms with Gasteiger partial charge in [-0.05, 0) is 81.5 Å². The fourth-order valence-corrected chi connectivity index (χ4v) is 4.72. The van der Waals surface area contributed by atoms with E-state index < -0.39 is 0 Å². The zero-order valence-corrected chi connectivity index (χ0v) is 19.5. The molecule has 7 heteroatoms. The molecule has 0 bridgehead atoms. The van der Waals surface area contributed by atoms with Crippen LogP contribution in [0.25, 0.3) is 0 Å². The van der Waals surface area contributed by atoms with Crippen LogP contribution < -0.4 is 10.1 Å². The molecule has 0 aromatic heterocycles. The molecule has 0 amide bonds. The highest BCUT2D eigenvalue weighted by atomic mass is 79.9. The van der Waals surface area contributed by atoms with E-state index in [1.807, 2.05) is 30.3 Å². The Labute approximate surface area is 187 Å². The zero-order valence-electron chi connectivity index (χ0n) is 18.0. The summed E-state index contributed by atoms with van der Waals surface area (Å²) in [7, 11) is 1.34. The van der Waals surface area contributed by atoms with E-state index in [1.54, 1.807) is 7.11 Å². The Hall–Kier alpha value is -2.01. The van der Waals surface area contributed by atoms with E-state index in [-0.39, 0.29) is 30.3 Å². The first kappa shape index (κ1) is 21.2. The highest BCUT2D eigenvalue weighted by molar-refractivity contribution is 9.10. The number of benzene rings is 2. The molecule has 2 aromatic rings. The van der Waals surface area contributed by atoms with Crippen molar-refractivity contribution in [2.24, 2.45) is 0 Å². The van der Waals surface area contributed by atoms with Crippen molar-refractivity contribution >= 4 is 28.7 Å². The standard InChI is InChI=1S/C23H26BBrN2O3/c1-22(2)23(3,4)30-24(29-22)12-18-16-10-14(13-26)6-9-20(16)27-21(18)17-11-15(28-5)7-8-19(17)25/h6-11,18,21,27H,12H2,1-5H3/t18-,21-/m1/s1. The molecule has 1 fully saturated rings. The van der Waals surface area contributed by atoms with E-state index in [9.17, 15) is 5.26 Å². The lowest BCUT2D eigenvalue weighted by Gasteiger charge is -2.32. The third kappa shape index (κ3) is 3.62. The number of rotatable bonds is 4. The maximum Gasteiger partial charge on any atom is 0.458 e. The van der Waals surface area contributed by atoms with Crippen LogP contribution in [0.4, 0.5) is 5.69 Å². The van der Waals surface area contributed by atoms with Crippen LogP contribution in [0, 0.1) is 11.3 Å². The molecule has 2 aliphatic rings. The van der Waals surface area contributed by atoms with Crippen LogP contribution in [0.3, 0.4) is 0 Å². The summed E-state index contributed by atoms with van der Waals surface area (Å²) in [5.74, 6) is 0.879. The smallest absolute Gasteiger partial charge is 0.458 e. The minimum Gasteiger partial charge on any atom is -0.497 e. The molecule has 2 heterocycles. The molecule has 2 aliphatic heterocycles. The minimum atomic E-state index is -0.382. The van der Waals surface area contributed by atoms with Gasteiger partial charge in [-0.3, -0.25) is 0 Å². The molecule has 4 rings (SSSR count). The molecule has 1 N–H and O–H groups in total. The molecule has 1 saturated heterocycles. The number of hydrogen-bond donors (Lipinski definition) is 1. The summed E-state index contributed by atoms with van der Waals surface area (Å²) in [6.07, 6.45) is 0.677. The van der Waals surface area contributed by atoms with Gasteiger partial charge in [-0.15, -0.1) is 0 Å². The quantitative estimate of drug-likeness (QED) is 0.585. The van der Waals surface area contributed by atoms with Crippen molar-refractivity contribution in [2.45, 2.75) is 57.2 Å². The van der Waals surface area contributed by atoms with Crippen LogP contribution in [-0.2, 0) is 9.31 Å². The highest BCUT2D eigenvalue weighted by Crippen LogP contribution is 2.51. The van der Waals surface area contributed by atoms with E-state index in [0.29, 0.717) is 11.9 Å². The predicted octanol–water partition coefficient (Wildman–Crippen LogP) is 5.67. The van der Waals surface area contributed by atoms with Gasteiger partial charge in [0.2, 0.25) is 0 Å². The third-order valence-corrected chi connectivity index (χ3v) is 7.30. The summed E-state index contributed by atoms with van der Waals surface area (Å²) < 4.78 is 19.1.